The third-order valence-electron chi connectivity index (χ3n) is 16.0. The van der Waals surface area contributed by atoms with Crippen LogP contribution in [0.1, 0.15) is 122 Å². The summed E-state index contributed by atoms with van der Waals surface area (Å²) in [5.41, 5.74) is 4.43. The summed E-state index contributed by atoms with van der Waals surface area (Å²) in [6.45, 7) is 20.4. The zero-order valence-corrected chi connectivity index (χ0v) is 32.7. The Morgan fingerprint density at radius 3 is 2.29 bits per heavy atom. The maximum absolute atomic E-state index is 13.7. The van der Waals surface area contributed by atoms with Crippen molar-refractivity contribution in [3.63, 3.8) is 0 Å². The smallest absolute Gasteiger partial charge is 0.335 e. The van der Waals surface area contributed by atoms with Crippen LogP contribution < -0.4 is 5.32 Å². The molecule has 4 saturated carbocycles. The minimum absolute atomic E-state index is 0.0129. The summed E-state index contributed by atoms with van der Waals surface area (Å²) >= 11 is 2.21. The van der Waals surface area contributed by atoms with Crippen molar-refractivity contribution in [2.45, 2.75) is 115 Å². The van der Waals surface area contributed by atoms with E-state index in [2.05, 4.69) is 82.1 Å². The molecule has 0 spiro atoms. The van der Waals surface area contributed by atoms with Gasteiger partial charge in [0.2, 0.25) is 11.8 Å². The van der Waals surface area contributed by atoms with Gasteiger partial charge in [0.25, 0.3) is 0 Å². The number of benzene rings is 1. The Bertz CT molecular complexity index is 1600. The van der Waals surface area contributed by atoms with Crippen LogP contribution in [0.15, 0.2) is 42.5 Å². The molecule has 6 aliphatic rings. The Morgan fingerprint density at radius 1 is 0.939 bits per heavy atom. The summed E-state index contributed by atoms with van der Waals surface area (Å²) in [5, 5.41) is 13.1. The lowest BCUT2D eigenvalue weighted by atomic mass is 9.33. The van der Waals surface area contributed by atoms with Crippen LogP contribution in [-0.2, 0) is 9.59 Å². The Morgan fingerprint density at radius 2 is 1.65 bits per heavy atom. The second kappa shape index (κ2) is 11.9. The van der Waals surface area contributed by atoms with Crippen molar-refractivity contribution in [3.8, 4) is 0 Å². The average molecular weight is 781 g/mol. The molecule has 1 heterocycles. The van der Waals surface area contributed by atoms with Crippen LogP contribution in [-0.4, -0.2) is 50.3 Å². The molecule has 10 atom stereocenters. The van der Waals surface area contributed by atoms with Crippen LogP contribution in [0, 0.1) is 51.2 Å². The number of carboxylic acids is 1. The van der Waals surface area contributed by atoms with Crippen molar-refractivity contribution in [3.05, 3.63) is 53.6 Å². The molecule has 0 bridgehead atoms. The Hall–Kier alpha value is -2.16. The van der Waals surface area contributed by atoms with Gasteiger partial charge < -0.3 is 15.3 Å². The van der Waals surface area contributed by atoms with Gasteiger partial charge in [0.05, 0.1) is 16.0 Å². The molecule has 5 fully saturated rings. The predicted octanol–water partition coefficient (Wildman–Crippen LogP) is 8.94. The summed E-state index contributed by atoms with van der Waals surface area (Å²) in [6, 6.07) is 7.52. The number of rotatable bonds is 6. The van der Waals surface area contributed by atoms with Crippen LogP contribution in [0.5, 0.6) is 0 Å². The van der Waals surface area contributed by atoms with Gasteiger partial charge in [-0.25, -0.2) is 4.79 Å². The number of hydrogen-bond acceptors (Lipinski definition) is 3. The zero-order valence-electron chi connectivity index (χ0n) is 30.5. The van der Waals surface area contributed by atoms with Crippen molar-refractivity contribution >= 4 is 45.9 Å². The van der Waals surface area contributed by atoms with E-state index >= 15 is 0 Å². The number of likely N-dealkylation sites (tertiary alicyclic amines) is 1. The molecular weight excluding hydrogens is 723 g/mol. The van der Waals surface area contributed by atoms with Crippen molar-refractivity contribution in [2.75, 3.05) is 13.1 Å². The highest BCUT2D eigenvalue weighted by Gasteiger charge is 2.70. The molecule has 7 heteroatoms. The van der Waals surface area contributed by atoms with E-state index in [9.17, 15) is 19.5 Å². The topological polar surface area (TPSA) is 86.7 Å². The zero-order chi connectivity index (χ0) is 35.3. The largest absolute Gasteiger partial charge is 0.478 e. The third-order valence-corrected chi connectivity index (χ3v) is 17.2. The van der Waals surface area contributed by atoms with Crippen LogP contribution >= 0.6 is 22.6 Å². The fourth-order valence-electron chi connectivity index (χ4n) is 13.6. The van der Waals surface area contributed by atoms with E-state index < -0.39 is 5.97 Å². The standard InChI is InChI=1S/C42H57IN2O4/c1-25(2)28-14-20-42(44-34(46)24-45-23-17-31(43)36(45)47)22-21-40(6)30(35(28)42)12-13-33-39(5)18-15-29(26-8-10-27(11-9-26)37(48)49)38(3,4)32(39)16-19-41(33,40)7/h8-11,15,28,30-33,35H,1,12-14,16-24H2,2-7H3,(H,44,46)(H,48,49)/t28-,30+,31-,32-,33+,35+,39-,40+,41+,42-/m0/s1. The van der Waals surface area contributed by atoms with E-state index in [1.54, 1.807) is 17.0 Å². The van der Waals surface area contributed by atoms with Crippen molar-refractivity contribution in [2.24, 2.45) is 51.2 Å². The molecule has 49 heavy (non-hydrogen) atoms. The Labute approximate surface area is 307 Å². The number of hydrogen-bond donors (Lipinski definition) is 2. The number of nitrogens with one attached hydrogen (secondary N) is 1. The van der Waals surface area contributed by atoms with Crippen molar-refractivity contribution < 1.29 is 19.5 Å². The molecule has 1 aliphatic heterocycles. The van der Waals surface area contributed by atoms with Gasteiger partial charge in [-0.15, -0.1) is 0 Å². The van der Waals surface area contributed by atoms with Gasteiger partial charge in [-0.2, -0.15) is 0 Å². The van der Waals surface area contributed by atoms with Gasteiger partial charge in [0, 0.05) is 12.1 Å². The minimum atomic E-state index is -0.880. The predicted molar refractivity (Wildman–Crippen MR) is 203 cm³/mol. The second-order valence-electron chi connectivity index (χ2n) is 18.3. The maximum Gasteiger partial charge on any atom is 0.335 e. The molecule has 0 unspecified atom stereocenters. The maximum atomic E-state index is 13.7. The first-order valence-corrected chi connectivity index (χ1v) is 20.2. The summed E-state index contributed by atoms with van der Waals surface area (Å²) in [6.07, 6.45) is 13.4. The van der Waals surface area contributed by atoms with Crippen LogP contribution in [0.3, 0.4) is 0 Å². The molecular formula is C42H57IN2O4. The number of nitrogens with zero attached hydrogens (tertiary/aromatic N) is 1. The Balaban J connectivity index is 1.18. The van der Waals surface area contributed by atoms with E-state index in [4.69, 9.17) is 0 Å². The number of carboxylic acid groups (broad SMARTS) is 1. The molecule has 1 aromatic carbocycles. The lowest BCUT2D eigenvalue weighted by Crippen LogP contribution is -2.68. The SMILES string of the molecule is C=C(C)[C@@H]1CC[C@]2(NC(=O)CN3CC[C@H](I)C3=O)CC[C@]3(C)[C@H](CC[C@@H]4[C@@]5(C)CC=C(c6ccc(C(=O)O)cc6)C(C)(C)[C@@H]5CC[C@]43C)[C@@H]12. The van der Waals surface area contributed by atoms with Crippen molar-refractivity contribution in [1.29, 1.82) is 0 Å². The average Bonchev–Trinajstić information content (AvgIpc) is 3.56. The first kappa shape index (κ1) is 35.3. The van der Waals surface area contributed by atoms with Crippen LogP contribution in [0.2, 0.25) is 0 Å². The van der Waals surface area contributed by atoms with Crippen LogP contribution in [0.4, 0.5) is 0 Å². The van der Waals surface area contributed by atoms with E-state index in [0.717, 1.165) is 44.1 Å². The number of aromatic carboxylic acids is 1. The van der Waals surface area contributed by atoms with Crippen molar-refractivity contribution in [1.82, 2.24) is 10.2 Å². The fourth-order valence-corrected chi connectivity index (χ4v) is 14.3. The number of halogens is 1. The molecule has 1 saturated heterocycles. The molecule has 7 rings (SSSR count). The molecule has 266 valence electrons. The monoisotopic (exact) mass is 780 g/mol. The second-order valence-corrected chi connectivity index (χ2v) is 19.8. The molecule has 6 nitrogen and oxygen atoms in total. The normalized spacial score (nSPS) is 42.3. The van der Waals surface area contributed by atoms with E-state index in [1.165, 1.54) is 36.8 Å². The summed E-state index contributed by atoms with van der Waals surface area (Å²) in [5.74, 6) is 1.72. The molecule has 1 aromatic rings. The highest BCUT2D eigenvalue weighted by Crippen LogP contribution is 2.76. The first-order chi connectivity index (χ1) is 23.0. The van der Waals surface area contributed by atoms with Gasteiger partial charge in [-0.3, -0.25) is 9.59 Å². The molecule has 0 radical (unpaired) electrons. The third kappa shape index (κ3) is 5.15. The van der Waals surface area contributed by atoms with Gasteiger partial charge >= 0.3 is 5.97 Å². The number of fused-ring (bicyclic) bond motifs is 7. The number of alkyl halides is 1. The first-order valence-electron chi connectivity index (χ1n) is 18.9. The highest BCUT2D eigenvalue weighted by atomic mass is 127. The summed E-state index contributed by atoms with van der Waals surface area (Å²) < 4.78 is -0.0129. The van der Waals surface area contributed by atoms with Gasteiger partial charge in [0.1, 0.15) is 0 Å². The number of carbonyl (C=O) groups excluding carboxylic acids is 2. The minimum Gasteiger partial charge on any atom is -0.478 e. The lowest BCUT2D eigenvalue weighted by molar-refractivity contribution is -0.219. The number of allylic oxidation sites excluding steroid dienone is 3. The molecule has 5 aliphatic carbocycles. The summed E-state index contributed by atoms with van der Waals surface area (Å²) in [4.78, 5) is 39.7. The molecule has 2 N–H and O–H groups in total. The number of carbonyl (C=O) groups is 3. The Kier molecular flexibility index (Phi) is 8.59. The van der Waals surface area contributed by atoms with E-state index in [1.807, 2.05) is 12.1 Å². The van der Waals surface area contributed by atoms with E-state index in [-0.39, 0.29) is 49.5 Å². The van der Waals surface area contributed by atoms with Gasteiger partial charge in [-0.1, -0.05) is 87.6 Å². The molecule has 2 amide bonds. The van der Waals surface area contributed by atoms with Gasteiger partial charge in [0.15, 0.2) is 0 Å². The quantitative estimate of drug-likeness (QED) is 0.172. The number of amides is 2. The molecule has 0 aromatic heterocycles. The fraction of sp³-hybridized carbons (Fsp3) is 0.690. The van der Waals surface area contributed by atoms with E-state index in [0.29, 0.717) is 41.7 Å². The highest BCUT2D eigenvalue weighted by molar-refractivity contribution is 14.1. The summed E-state index contributed by atoms with van der Waals surface area (Å²) in [7, 11) is 0. The lowest BCUT2D eigenvalue weighted by Gasteiger charge is -2.72. The van der Waals surface area contributed by atoms with Crippen LogP contribution in [0.25, 0.3) is 5.57 Å². The van der Waals surface area contributed by atoms with Gasteiger partial charge in [-0.05, 0) is 146 Å².